The highest BCUT2D eigenvalue weighted by Crippen LogP contribution is 2.32. The van der Waals surface area contributed by atoms with Gasteiger partial charge in [0, 0.05) is 6.54 Å². The molecule has 1 saturated heterocycles. The summed E-state index contributed by atoms with van der Waals surface area (Å²) in [7, 11) is 0. The largest absolute Gasteiger partial charge is 0.490 e. The minimum Gasteiger partial charge on any atom is -0.490 e. The molecule has 1 aliphatic rings. The first-order chi connectivity index (χ1) is 13.2. The monoisotopic (exact) mass is 379 g/mol. The first kappa shape index (κ1) is 19.0. The molecule has 138 valence electrons. The fourth-order valence-electron chi connectivity index (χ4n) is 2.75. The van der Waals surface area contributed by atoms with E-state index in [1.807, 2.05) is 42.5 Å². The van der Waals surface area contributed by atoms with Crippen molar-refractivity contribution in [1.29, 1.82) is 0 Å². The second kappa shape index (κ2) is 9.24. The van der Waals surface area contributed by atoms with E-state index >= 15 is 0 Å². The second-order valence-electron chi connectivity index (χ2n) is 6.09. The van der Waals surface area contributed by atoms with Gasteiger partial charge in [0.2, 0.25) is 0 Å². The Morgan fingerprint density at radius 3 is 2.48 bits per heavy atom. The molecule has 4 nitrogen and oxygen atoms in total. The van der Waals surface area contributed by atoms with Crippen LogP contribution in [0.15, 0.2) is 72.2 Å². The molecule has 0 saturated carbocycles. The summed E-state index contributed by atoms with van der Waals surface area (Å²) in [6, 6.07) is 17.5. The number of thioether (sulfide) groups is 1. The van der Waals surface area contributed by atoms with E-state index in [4.69, 9.17) is 4.74 Å². The van der Waals surface area contributed by atoms with Gasteiger partial charge in [-0.15, -0.1) is 0 Å². The molecule has 0 atom stereocenters. The molecule has 1 fully saturated rings. The summed E-state index contributed by atoms with van der Waals surface area (Å²) >= 11 is 0.995. The predicted molar refractivity (Wildman–Crippen MR) is 110 cm³/mol. The van der Waals surface area contributed by atoms with Gasteiger partial charge in [-0.05, 0) is 53.9 Å². The van der Waals surface area contributed by atoms with Crippen LogP contribution in [-0.4, -0.2) is 29.2 Å². The lowest BCUT2D eigenvalue weighted by Crippen LogP contribution is -2.29. The van der Waals surface area contributed by atoms with Crippen molar-refractivity contribution in [2.24, 2.45) is 0 Å². The quantitative estimate of drug-likeness (QED) is 0.482. The molecule has 0 aromatic heterocycles. The van der Waals surface area contributed by atoms with Gasteiger partial charge >= 0.3 is 0 Å². The van der Waals surface area contributed by atoms with Crippen molar-refractivity contribution < 1.29 is 14.3 Å². The van der Waals surface area contributed by atoms with Gasteiger partial charge in [-0.3, -0.25) is 14.5 Å². The topological polar surface area (TPSA) is 46.6 Å². The van der Waals surface area contributed by atoms with Crippen LogP contribution in [-0.2, 0) is 11.2 Å². The Balaban J connectivity index is 1.59. The minimum atomic E-state index is -0.218. The van der Waals surface area contributed by atoms with Gasteiger partial charge in [-0.2, -0.15) is 0 Å². The Hall–Kier alpha value is -2.79. The third-order valence-electron chi connectivity index (χ3n) is 4.11. The van der Waals surface area contributed by atoms with Gasteiger partial charge in [-0.1, -0.05) is 55.1 Å². The molecule has 2 aromatic carbocycles. The van der Waals surface area contributed by atoms with Crippen LogP contribution >= 0.6 is 11.8 Å². The highest BCUT2D eigenvalue weighted by Gasteiger charge is 2.34. The molecule has 0 aliphatic carbocycles. The Morgan fingerprint density at radius 2 is 1.78 bits per heavy atom. The molecule has 2 aromatic rings. The van der Waals surface area contributed by atoms with Gasteiger partial charge in [0.25, 0.3) is 11.1 Å². The molecule has 0 radical (unpaired) electrons. The zero-order valence-electron chi connectivity index (χ0n) is 15.0. The predicted octanol–water partition coefficient (Wildman–Crippen LogP) is 4.92. The number of nitrogens with zero attached hydrogens (tertiary/aromatic N) is 1. The smallest absolute Gasteiger partial charge is 0.293 e. The van der Waals surface area contributed by atoms with Crippen molar-refractivity contribution >= 4 is 29.0 Å². The van der Waals surface area contributed by atoms with E-state index in [1.165, 1.54) is 10.5 Å². The molecule has 0 spiro atoms. The summed E-state index contributed by atoms with van der Waals surface area (Å²) in [5.74, 6) is 0.520. The van der Waals surface area contributed by atoms with Gasteiger partial charge < -0.3 is 4.74 Å². The third-order valence-corrected chi connectivity index (χ3v) is 5.02. The Kier molecular flexibility index (Phi) is 6.49. The average molecular weight is 379 g/mol. The second-order valence-corrected chi connectivity index (χ2v) is 7.08. The van der Waals surface area contributed by atoms with Crippen molar-refractivity contribution in [2.45, 2.75) is 12.8 Å². The average Bonchev–Trinajstić information content (AvgIpc) is 2.95. The van der Waals surface area contributed by atoms with Crippen LogP contribution in [0.2, 0.25) is 0 Å². The SMILES string of the molecule is C=CCOc1ccc(/C=C2/SC(=O)N(CCCc3ccccc3)C2=O)cc1. The number of hydrogen-bond acceptors (Lipinski definition) is 4. The summed E-state index contributed by atoms with van der Waals surface area (Å²) < 4.78 is 5.44. The fraction of sp³-hybridized carbons (Fsp3) is 0.182. The molecule has 2 amide bonds. The number of hydrogen-bond donors (Lipinski definition) is 0. The van der Waals surface area contributed by atoms with Crippen LogP contribution in [0.4, 0.5) is 4.79 Å². The molecule has 0 N–H and O–H groups in total. The molecule has 3 rings (SSSR count). The molecule has 27 heavy (non-hydrogen) atoms. The number of aryl methyl sites for hydroxylation is 1. The maximum absolute atomic E-state index is 12.6. The number of amides is 2. The number of imide groups is 1. The van der Waals surface area contributed by atoms with Gasteiger partial charge in [0.05, 0.1) is 4.91 Å². The van der Waals surface area contributed by atoms with Gasteiger partial charge in [0.15, 0.2) is 0 Å². The molecular weight excluding hydrogens is 358 g/mol. The highest BCUT2D eigenvalue weighted by atomic mass is 32.2. The summed E-state index contributed by atoms with van der Waals surface area (Å²) in [5.41, 5.74) is 2.06. The van der Waals surface area contributed by atoms with Crippen LogP contribution in [0.25, 0.3) is 6.08 Å². The van der Waals surface area contributed by atoms with Crippen LogP contribution < -0.4 is 4.74 Å². The van der Waals surface area contributed by atoms with E-state index in [0.717, 1.165) is 35.9 Å². The summed E-state index contributed by atoms with van der Waals surface area (Å²) in [5, 5.41) is -0.203. The number of benzene rings is 2. The summed E-state index contributed by atoms with van der Waals surface area (Å²) in [6.07, 6.45) is 5.03. The van der Waals surface area contributed by atoms with Crippen LogP contribution in [0, 0.1) is 0 Å². The van der Waals surface area contributed by atoms with Crippen molar-refractivity contribution in [1.82, 2.24) is 4.90 Å². The van der Waals surface area contributed by atoms with E-state index < -0.39 is 0 Å². The summed E-state index contributed by atoms with van der Waals surface area (Å²) in [6.45, 7) is 4.49. The highest BCUT2D eigenvalue weighted by molar-refractivity contribution is 8.18. The summed E-state index contributed by atoms with van der Waals surface area (Å²) in [4.78, 5) is 26.5. The van der Waals surface area contributed by atoms with Crippen molar-refractivity contribution in [2.75, 3.05) is 13.2 Å². The molecule has 0 bridgehead atoms. The van der Waals surface area contributed by atoms with E-state index in [1.54, 1.807) is 12.2 Å². The van der Waals surface area contributed by atoms with Crippen molar-refractivity contribution in [3.05, 3.63) is 83.3 Å². The first-order valence-corrected chi connectivity index (χ1v) is 9.62. The number of carbonyl (C=O) groups is 2. The van der Waals surface area contributed by atoms with Gasteiger partial charge in [-0.25, -0.2) is 0 Å². The van der Waals surface area contributed by atoms with Crippen molar-refractivity contribution in [3.63, 3.8) is 0 Å². The van der Waals surface area contributed by atoms with Crippen molar-refractivity contribution in [3.8, 4) is 5.75 Å². The van der Waals surface area contributed by atoms with Crippen LogP contribution in [0.5, 0.6) is 5.75 Å². The third kappa shape index (κ3) is 5.11. The Labute approximate surface area is 163 Å². The Bertz CT molecular complexity index is 844. The number of ether oxygens (including phenoxy) is 1. The Morgan fingerprint density at radius 1 is 1.04 bits per heavy atom. The number of carbonyl (C=O) groups excluding carboxylic acids is 2. The lowest BCUT2D eigenvalue weighted by molar-refractivity contribution is -0.122. The molecule has 1 heterocycles. The maximum atomic E-state index is 12.6. The van der Waals surface area contributed by atoms with Gasteiger partial charge in [0.1, 0.15) is 12.4 Å². The van der Waals surface area contributed by atoms with Crippen LogP contribution in [0.1, 0.15) is 17.5 Å². The van der Waals surface area contributed by atoms with E-state index in [2.05, 4.69) is 18.7 Å². The van der Waals surface area contributed by atoms with Crippen LogP contribution in [0.3, 0.4) is 0 Å². The lowest BCUT2D eigenvalue weighted by Gasteiger charge is -2.12. The molecular formula is C22H21NO3S. The maximum Gasteiger partial charge on any atom is 0.293 e. The molecule has 5 heteroatoms. The van der Waals surface area contributed by atoms with E-state index in [-0.39, 0.29) is 11.1 Å². The number of rotatable bonds is 8. The lowest BCUT2D eigenvalue weighted by atomic mass is 10.1. The van der Waals surface area contributed by atoms with E-state index in [9.17, 15) is 9.59 Å². The standard InChI is InChI=1S/C22H21NO3S/c1-2-15-26-19-12-10-18(11-13-19)16-20-21(24)23(22(25)27-20)14-6-9-17-7-4-3-5-8-17/h2-5,7-8,10-13,16H,1,6,9,14-15H2/b20-16+. The first-order valence-electron chi connectivity index (χ1n) is 8.80. The zero-order valence-corrected chi connectivity index (χ0v) is 15.8. The molecule has 1 aliphatic heterocycles. The molecule has 0 unspecified atom stereocenters. The minimum absolute atomic E-state index is 0.203. The zero-order chi connectivity index (χ0) is 19.1. The fourth-order valence-corrected chi connectivity index (χ4v) is 3.61. The normalized spacial score (nSPS) is 15.4. The van der Waals surface area contributed by atoms with E-state index in [0.29, 0.717) is 18.1 Å².